The van der Waals surface area contributed by atoms with Gasteiger partial charge in [-0.25, -0.2) is 4.98 Å². The zero-order chi connectivity index (χ0) is 21.4. The first-order chi connectivity index (χ1) is 15.0. The molecule has 4 aromatic rings. The minimum atomic E-state index is -0.0354. The number of fused-ring (bicyclic) bond motifs is 1. The number of hydrogen-bond acceptors (Lipinski definition) is 5. The van der Waals surface area contributed by atoms with Crippen molar-refractivity contribution < 1.29 is 0 Å². The van der Waals surface area contributed by atoms with E-state index in [1.54, 1.807) is 11.3 Å². The molecule has 5 nitrogen and oxygen atoms in total. The SMILES string of the molecule is O=c1[nH]c(-c2cccs2)nc2c1CN(Cc1ccc(-c3cc(Br)cc(Br)c3)nc1)CC2. The number of aromatic nitrogens is 3. The molecule has 0 fully saturated rings. The van der Waals surface area contributed by atoms with Gasteiger partial charge < -0.3 is 4.98 Å². The Hall–Kier alpha value is -2.13. The average Bonchev–Trinajstić information content (AvgIpc) is 3.29. The molecule has 31 heavy (non-hydrogen) atoms. The van der Waals surface area contributed by atoms with Crippen LogP contribution in [0, 0.1) is 0 Å². The highest BCUT2D eigenvalue weighted by Crippen LogP contribution is 2.27. The lowest BCUT2D eigenvalue weighted by atomic mass is 10.1. The van der Waals surface area contributed by atoms with Gasteiger partial charge in [-0.05, 0) is 41.3 Å². The fourth-order valence-corrected chi connectivity index (χ4v) is 5.76. The van der Waals surface area contributed by atoms with E-state index >= 15 is 0 Å². The molecule has 3 aromatic heterocycles. The van der Waals surface area contributed by atoms with E-state index < -0.39 is 0 Å². The number of nitrogens with zero attached hydrogens (tertiary/aromatic N) is 3. The first kappa shape index (κ1) is 20.8. The normalized spacial score (nSPS) is 13.9. The van der Waals surface area contributed by atoms with Crippen molar-refractivity contribution in [2.45, 2.75) is 19.5 Å². The number of aromatic amines is 1. The molecule has 1 aliphatic heterocycles. The Morgan fingerprint density at radius 2 is 1.97 bits per heavy atom. The third-order valence-corrected chi connectivity index (χ3v) is 7.08. The maximum absolute atomic E-state index is 12.7. The molecule has 0 saturated carbocycles. The zero-order valence-electron chi connectivity index (χ0n) is 16.4. The van der Waals surface area contributed by atoms with Gasteiger partial charge in [0.25, 0.3) is 5.56 Å². The van der Waals surface area contributed by atoms with E-state index in [9.17, 15) is 4.79 Å². The quantitative estimate of drug-likeness (QED) is 0.352. The van der Waals surface area contributed by atoms with E-state index in [4.69, 9.17) is 4.98 Å². The molecule has 0 atom stereocenters. The first-order valence-corrected chi connectivity index (χ1v) is 12.3. The predicted octanol–water partition coefficient (Wildman–Crippen LogP) is 5.64. The molecule has 0 radical (unpaired) electrons. The summed E-state index contributed by atoms with van der Waals surface area (Å²) in [6, 6.07) is 14.2. The summed E-state index contributed by atoms with van der Waals surface area (Å²) in [5, 5.41) is 1.99. The van der Waals surface area contributed by atoms with Crippen LogP contribution in [0.15, 0.2) is 67.8 Å². The molecular weight excluding hydrogens is 540 g/mol. The van der Waals surface area contributed by atoms with Crippen LogP contribution in [-0.4, -0.2) is 26.4 Å². The van der Waals surface area contributed by atoms with Crippen molar-refractivity contribution in [1.29, 1.82) is 0 Å². The summed E-state index contributed by atoms with van der Waals surface area (Å²) in [6.45, 7) is 2.22. The third kappa shape index (κ3) is 4.57. The van der Waals surface area contributed by atoms with Crippen LogP contribution >= 0.6 is 43.2 Å². The van der Waals surface area contributed by atoms with Crippen molar-refractivity contribution in [2.75, 3.05) is 6.54 Å². The second-order valence-electron chi connectivity index (χ2n) is 7.49. The molecule has 0 saturated heterocycles. The highest BCUT2D eigenvalue weighted by atomic mass is 79.9. The second-order valence-corrected chi connectivity index (χ2v) is 10.3. The van der Waals surface area contributed by atoms with Gasteiger partial charge in [-0.1, -0.05) is 44.0 Å². The van der Waals surface area contributed by atoms with Crippen LogP contribution in [0.5, 0.6) is 0 Å². The molecule has 0 amide bonds. The number of benzene rings is 1. The van der Waals surface area contributed by atoms with Crippen molar-refractivity contribution in [2.24, 2.45) is 0 Å². The molecule has 0 bridgehead atoms. The number of halogens is 2. The lowest BCUT2D eigenvalue weighted by Gasteiger charge is -2.27. The third-order valence-electron chi connectivity index (χ3n) is 5.29. The Bertz CT molecular complexity index is 1270. The highest BCUT2D eigenvalue weighted by Gasteiger charge is 2.22. The Morgan fingerprint density at radius 3 is 2.68 bits per heavy atom. The number of thiophene rings is 1. The van der Waals surface area contributed by atoms with Crippen LogP contribution in [0.1, 0.15) is 16.8 Å². The van der Waals surface area contributed by atoms with Crippen molar-refractivity contribution in [3.8, 4) is 22.0 Å². The summed E-state index contributed by atoms with van der Waals surface area (Å²) < 4.78 is 2.02. The molecule has 1 aromatic carbocycles. The summed E-state index contributed by atoms with van der Waals surface area (Å²) in [4.78, 5) is 28.3. The van der Waals surface area contributed by atoms with Crippen LogP contribution in [-0.2, 0) is 19.5 Å². The largest absolute Gasteiger partial charge is 0.306 e. The van der Waals surface area contributed by atoms with E-state index in [2.05, 4.69) is 64.9 Å². The molecule has 5 rings (SSSR count). The summed E-state index contributed by atoms with van der Waals surface area (Å²) in [5.74, 6) is 0.672. The van der Waals surface area contributed by atoms with Gasteiger partial charge in [0.1, 0.15) is 0 Å². The zero-order valence-corrected chi connectivity index (χ0v) is 20.4. The van der Waals surface area contributed by atoms with Crippen molar-refractivity contribution in [3.05, 3.63) is 90.2 Å². The summed E-state index contributed by atoms with van der Waals surface area (Å²) >= 11 is 8.64. The van der Waals surface area contributed by atoms with Gasteiger partial charge in [0.05, 0.1) is 21.8 Å². The minimum absolute atomic E-state index is 0.0354. The maximum atomic E-state index is 12.7. The molecular formula is C23H18Br2N4OS. The van der Waals surface area contributed by atoms with Crippen LogP contribution in [0.3, 0.4) is 0 Å². The van der Waals surface area contributed by atoms with Crippen molar-refractivity contribution >= 4 is 43.2 Å². The molecule has 156 valence electrons. The number of rotatable bonds is 4. The monoisotopic (exact) mass is 556 g/mol. The van der Waals surface area contributed by atoms with E-state index in [-0.39, 0.29) is 5.56 Å². The fraction of sp³-hybridized carbons (Fsp3) is 0.174. The van der Waals surface area contributed by atoms with Crippen LogP contribution < -0.4 is 5.56 Å². The van der Waals surface area contributed by atoms with Crippen molar-refractivity contribution in [1.82, 2.24) is 19.9 Å². The van der Waals surface area contributed by atoms with Crippen LogP contribution in [0.25, 0.3) is 22.0 Å². The number of H-pyrrole nitrogens is 1. The van der Waals surface area contributed by atoms with E-state index in [1.807, 2.05) is 35.8 Å². The Balaban J connectivity index is 1.32. The molecule has 1 N–H and O–H groups in total. The van der Waals surface area contributed by atoms with Gasteiger partial charge in [0, 0.05) is 46.8 Å². The van der Waals surface area contributed by atoms with Gasteiger partial charge in [-0.2, -0.15) is 0 Å². The predicted molar refractivity (Wildman–Crippen MR) is 131 cm³/mol. The average molecular weight is 558 g/mol. The topological polar surface area (TPSA) is 61.9 Å². The maximum Gasteiger partial charge on any atom is 0.255 e. The van der Waals surface area contributed by atoms with E-state index in [0.717, 1.165) is 61.4 Å². The second kappa shape index (κ2) is 8.78. The summed E-state index contributed by atoms with van der Waals surface area (Å²) in [5.41, 5.74) is 4.76. The minimum Gasteiger partial charge on any atom is -0.306 e. The fourth-order valence-electron chi connectivity index (χ4n) is 3.79. The molecule has 1 aliphatic rings. The summed E-state index contributed by atoms with van der Waals surface area (Å²) in [6.07, 6.45) is 2.69. The Labute approximate surface area is 200 Å². The van der Waals surface area contributed by atoms with Gasteiger partial charge in [-0.3, -0.25) is 14.7 Å². The number of hydrogen-bond donors (Lipinski definition) is 1. The molecule has 0 unspecified atom stereocenters. The summed E-state index contributed by atoms with van der Waals surface area (Å²) in [7, 11) is 0. The van der Waals surface area contributed by atoms with Crippen LogP contribution in [0.4, 0.5) is 0 Å². The standard InChI is InChI=1S/C23H18Br2N4OS/c24-16-8-15(9-17(25)10-16)19-4-3-14(11-26-19)12-29-6-5-20-18(13-29)23(30)28-22(27-20)21-2-1-7-31-21/h1-4,7-11H,5-6,12-13H2,(H,27,28,30). The van der Waals surface area contributed by atoms with Crippen LogP contribution in [0.2, 0.25) is 0 Å². The van der Waals surface area contributed by atoms with E-state index in [0.29, 0.717) is 12.4 Å². The lowest BCUT2D eigenvalue weighted by molar-refractivity contribution is 0.241. The van der Waals surface area contributed by atoms with Gasteiger partial charge >= 0.3 is 0 Å². The lowest BCUT2D eigenvalue weighted by Crippen LogP contribution is -2.35. The highest BCUT2D eigenvalue weighted by molar-refractivity contribution is 9.11. The van der Waals surface area contributed by atoms with Crippen molar-refractivity contribution in [3.63, 3.8) is 0 Å². The molecule has 8 heteroatoms. The Kier molecular flexibility index (Phi) is 5.88. The number of nitrogens with one attached hydrogen (secondary N) is 1. The smallest absolute Gasteiger partial charge is 0.255 e. The van der Waals surface area contributed by atoms with Gasteiger partial charge in [0.2, 0.25) is 0 Å². The van der Waals surface area contributed by atoms with E-state index in [1.165, 1.54) is 0 Å². The number of pyridine rings is 1. The first-order valence-electron chi connectivity index (χ1n) is 9.85. The molecule has 0 aliphatic carbocycles. The van der Waals surface area contributed by atoms with Gasteiger partial charge in [0.15, 0.2) is 5.82 Å². The molecule has 0 spiro atoms. The molecule has 4 heterocycles. The van der Waals surface area contributed by atoms with Gasteiger partial charge in [-0.15, -0.1) is 11.3 Å². The Morgan fingerprint density at radius 1 is 1.13 bits per heavy atom.